The molecule has 2 atom stereocenters. The second-order valence-electron chi connectivity index (χ2n) is 4.71. The molecular formula is C14H19BrFNO. The van der Waals surface area contributed by atoms with E-state index < -0.39 is 0 Å². The van der Waals surface area contributed by atoms with Gasteiger partial charge in [0.2, 0.25) is 0 Å². The number of halogens is 2. The second kappa shape index (κ2) is 6.64. The molecule has 1 aromatic rings. The fraction of sp³-hybridized carbons (Fsp3) is 0.571. The first kappa shape index (κ1) is 14.0. The predicted octanol–water partition coefficient (Wildman–Crippen LogP) is 3.67. The molecule has 1 saturated heterocycles. The summed E-state index contributed by atoms with van der Waals surface area (Å²) in [4.78, 5) is 0. The van der Waals surface area contributed by atoms with E-state index in [1.807, 2.05) is 6.07 Å². The van der Waals surface area contributed by atoms with Gasteiger partial charge in [-0.05, 0) is 37.6 Å². The van der Waals surface area contributed by atoms with Gasteiger partial charge in [-0.25, -0.2) is 4.39 Å². The van der Waals surface area contributed by atoms with Gasteiger partial charge in [0.1, 0.15) is 5.82 Å². The maximum atomic E-state index is 13.9. The molecule has 0 amide bonds. The van der Waals surface area contributed by atoms with Crippen molar-refractivity contribution in [1.29, 1.82) is 0 Å². The van der Waals surface area contributed by atoms with Crippen LogP contribution in [0.2, 0.25) is 0 Å². The summed E-state index contributed by atoms with van der Waals surface area (Å²) in [5, 5.41) is 3.40. The lowest BCUT2D eigenvalue weighted by molar-refractivity contribution is 0.0875. The summed E-state index contributed by atoms with van der Waals surface area (Å²) in [6, 6.07) is 5.05. The lowest BCUT2D eigenvalue weighted by Gasteiger charge is -2.20. The molecule has 4 heteroatoms. The topological polar surface area (TPSA) is 21.3 Å². The van der Waals surface area contributed by atoms with E-state index >= 15 is 0 Å². The summed E-state index contributed by atoms with van der Waals surface area (Å²) in [5.74, 6) is 0.186. The molecule has 0 aromatic heterocycles. The highest BCUT2D eigenvalue weighted by Crippen LogP contribution is 2.36. The Hall–Kier alpha value is -0.450. The van der Waals surface area contributed by atoms with Gasteiger partial charge < -0.3 is 10.1 Å². The highest BCUT2D eigenvalue weighted by Gasteiger charge is 2.31. The van der Waals surface area contributed by atoms with E-state index in [2.05, 4.69) is 28.2 Å². The zero-order chi connectivity index (χ0) is 13.0. The van der Waals surface area contributed by atoms with Crippen molar-refractivity contribution < 1.29 is 9.13 Å². The van der Waals surface area contributed by atoms with Gasteiger partial charge >= 0.3 is 0 Å². The van der Waals surface area contributed by atoms with E-state index in [9.17, 15) is 4.39 Å². The second-order valence-corrected chi connectivity index (χ2v) is 5.63. The summed E-state index contributed by atoms with van der Waals surface area (Å²) in [5.41, 5.74) is 0.671. The quantitative estimate of drug-likeness (QED) is 0.837. The predicted molar refractivity (Wildman–Crippen MR) is 74.1 cm³/mol. The standard InChI is InChI=1S/C14H19BrFNO/c1-2-6-17-9-10-5-7-18-14(10)12-8-11(15)3-4-13(12)16/h3-4,8,10,14,17H,2,5-7,9H2,1H3. The molecule has 0 bridgehead atoms. The zero-order valence-corrected chi connectivity index (χ0v) is 12.2. The average Bonchev–Trinajstić information content (AvgIpc) is 2.81. The molecule has 1 aliphatic rings. The van der Waals surface area contributed by atoms with Crippen LogP contribution in [0.25, 0.3) is 0 Å². The lowest BCUT2D eigenvalue weighted by Crippen LogP contribution is -2.25. The minimum atomic E-state index is -0.175. The van der Waals surface area contributed by atoms with Gasteiger partial charge in [0.15, 0.2) is 0 Å². The summed E-state index contributed by atoms with van der Waals surface area (Å²) in [7, 11) is 0. The van der Waals surface area contributed by atoms with Crippen LogP contribution in [0.1, 0.15) is 31.4 Å². The average molecular weight is 316 g/mol. The molecule has 2 nitrogen and oxygen atoms in total. The number of rotatable bonds is 5. The summed E-state index contributed by atoms with van der Waals surface area (Å²) in [6.45, 7) is 4.76. The van der Waals surface area contributed by atoms with Gasteiger partial charge in [-0.1, -0.05) is 22.9 Å². The first-order valence-electron chi connectivity index (χ1n) is 6.49. The van der Waals surface area contributed by atoms with Gasteiger partial charge in [-0.15, -0.1) is 0 Å². The van der Waals surface area contributed by atoms with Crippen molar-refractivity contribution in [1.82, 2.24) is 5.32 Å². The minimum absolute atomic E-state index is 0.119. The number of hydrogen-bond acceptors (Lipinski definition) is 2. The highest BCUT2D eigenvalue weighted by molar-refractivity contribution is 9.10. The molecule has 0 aliphatic carbocycles. The molecule has 1 heterocycles. The fourth-order valence-corrected chi connectivity index (χ4v) is 2.76. The fourth-order valence-electron chi connectivity index (χ4n) is 2.38. The van der Waals surface area contributed by atoms with Crippen molar-refractivity contribution in [2.45, 2.75) is 25.9 Å². The Labute approximate surface area is 116 Å². The minimum Gasteiger partial charge on any atom is -0.373 e. The van der Waals surface area contributed by atoms with Crippen molar-refractivity contribution in [2.24, 2.45) is 5.92 Å². The Morgan fingerprint density at radius 2 is 2.33 bits per heavy atom. The van der Waals surface area contributed by atoms with E-state index in [-0.39, 0.29) is 11.9 Å². The summed E-state index contributed by atoms with van der Waals surface area (Å²) >= 11 is 3.39. The smallest absolute Gasteiger partial charge is 0.129 e. The summed E-state index contributed by atoms with van der Waals surface area (Å²) in [6.07, 6.45) is 1.99. The Bertz CT molecular complexity index is 399. The molecule has 18 heavy (non-hydrogen) atoms. The van der Waals surface area contributed by atoms with Crippen LogP contribution in [0.3, 0.4) is 0 Å². The Kier molecular flexibility index (Phi) is 5.15. The molecule has 1 aliphatic heterocycles. The van der Waals surface area contributed by atoms with Crippen molar-refractivity contribution in [3.8, 4) is 0 Å². The normalized spacial score (nSPS) is 23.5. The SMILES string of the molecule is CCCNCC1CCOC1c1cc(Br)ccc1F. The number of nitrogens with one attached hydrogen (secondary N) is 1. The van der Waals surface area contributed by atoms with E-state index in [4.69, 9.17) is 4.74 Å². The van der Waals surface area contributed by atoms with Gasteiger partial charge in [-0.2, -0.15) is 0 Å². The Morgan fingerprint density at radius 3 is 3.11 bits per heavy atom. The van der Waals surface area contributed by atoms with Gasteiger partial charge in [-0.3, -0.25) is 0 Å². The van der Waals surface area contributed by atoms with Crippen LogP contribution in [0.15, 0.2) is 22.7 Å². The third-order valence-corrected chi connectivity index (χ3v) is 3.81. The monoisotopic (exact) mass is 315 g/mol. The number of hydrogen-bond donors (Lipinski definition) is 1. The van der Waals surface area contributed by atoms with Crippen LogP contribution in [0.4, 0.5) is 4.39 Å². The lowest BCUT2D eigenvalue weighted by atomic mass is 9.95. The first-order chi connectivity index (χ1) is 8.72. The van der Waals surface area contributed by atoms with Crippen molar-refractivity contribution in [2.75, 3.05) is 19.7 Å². The van der Waals surface area contributed by atoms with Crippen LogP contribution in [-0.2, 0) is 4.74 Å². The first-order valence-corrected chi connectivity index (χ1v) is 7.29. The van der Waals surface area contributed by atoms with E-state index in [1.165, 1.54) is 6.07 Å². The molecule has 2 rings (SSSR count). The molecule has 2 unspecified atom stereocenters. The van der Waals surface area contributed by atoms with Crippen LogP contribution in [0, 0.1) is 11.7 Å². The van der Waals surface area contributed by atoms with E-state index in [0.29, 0.717) is 11.5 Å². The highest BCUT2D eigenvalue weighted by atomic mass is 79.9. The molecule has 100 valence electrons. The van der Waals surface area contributed by atoms with Crippen LogP contribution in [0.5, 0.6) is 0 Å². The number of benzene rings is 1. The number of ether oxygens (including phenoxy) is 1. The third kappa shape index (κ3) is 3.31. The van der Waals surface area contributed by atoms with Crippen molar-refractivity contribution >= 4 is 15.9 Å². The largest absolute Gasteiger partial charge is 0.373 e. The van der Waals surface area contributed by atoms with Crippen molar-refractivity contribution in [3.05, 3.63) is 34.1 Å². The van der Waals surface area contributed by atoms with Gasteiger partial charge in [0.05, 0.1) is 6.10 Å². The molecular weight excluding hydrogens is 297 g/mol. The molecule has 0 radical (unpaired) electrons. The van der Waals surface area contributed by atoms with Crippen molar-refractivity contribution in [3.63, 3.8) is 0 Å². The maximum absolute atomic E-state index is 13.9. The molecule has 1 fully saturated rings. The molecule has 1 N–H and O–H groups in total. The van der Waals surface area contributed by atoms with Crippen LogP contribution in [-0.4, -0.2) is 19.7 Å². The van der Waals surface area contributed by atoms with Gasteiger partial charge in [0.25, 0.3) is 0 Å². The zero-order valence-electron chi connectivity index (χ0n) is 10.6. The molecule has 1 aromatic carbocycles. The molecule has 0 spiro atoms. The third-order valence-electron chi connectivity index (χ3n) is 3.31. The Morgan fingerprint density at radius 1 is 1.50 bits per heavy atom. The van der Waals surface area contributed by atoms with Gasteiger partial charge in [0, 0.05) is 29.1 Å². The summed E-state index contributed by atoms with van der Waals surface area (Å²) < 4.78 is 20.5. The Balaban J connectivity index is 2.08. The maximum Gasteiger partial charge on any atom is 0.129 e. The van der Waals surface area contributed by atoms with E-state index in [1.54, 1.807) is 6.07 Å². The molecule has 0 saturated carbocycles. The van der Waals surface area contributed by atoms with Crippen LogP contribution < -0.4 is 5.32 Å². The van der Waals surface area contributed by atoms with E-state index in [0.717, 1.165) is 37.0 Å². The van der Waals surface area contributed by atoms with Crippen LogP contribution >= 0.6 is 15.9 Å².